The van der Waals surface area contributed by atoms with E-state index in [4.69, 9.17) is 16.3 Å². The zero-order chi connectivity index (χ0) is 18.6. The van der Waals surface area contributed by atoms with Crippen LogP contribution in [0.4, 0.5) is 5.69 Å². The maximum atomic E-state index is 12.6. The molecule has 0 radical (unpaired) electrons. The number of methoxy groups -OCH3 is 1. The standard InChI is InChI=1S/C17H19ClN2O4S/c1-11(13-5-4-6-14(18)9-13)20-25(22,23)15-7-8-17(24-3)16(10-15)19-12(2)21/h4-11,20H,1-3H3,(H,19,21)/t11-/m0/s1. The zero-order valence-electron chi connectivity index (χ0n) is 14.0. The Kier molecular flexibility index (Phi) is 6.05. The molecule has 2 rings (SSSR count). The molecular weight excluding hydrogens is 364 g/mol. The lowest BCUT2D eigenvalue weighted by Crippen LogP contribution is -2.27. The molecule has 6 nitrogen and oxygen atoms in total. The number of nitrogens with one attached hydrogen (secondary N) is 2. The lowest BCUT2D eigenvalue weighted by atomic mass is 10.1. The van der Waals surface area contributed by atoms with E-state index in [1.54, 1.807) is 31.2 Å². The normalized spacial score (nSPS) is 12.5. The molecule has 8 heteroatoms. The van der Waals surface area contributed by atoms with Crippen LogP contribution in [0.25, 0.3) is 0 Å². The van der Waals surface area contributed by atoms with Crippen LogP contribution in [-0.4, -0.2) is 21.4 Å². The average molecular weight is 383 g/mol. The Bertz CT molecular complexity index is 884. The molecule has 0 bridgehead atoms. The molecule has 25 heavy (non-hydrogen) atoms. The summed E-state index contributed by atoms with van der Waals surface area (Å²) >= 11 is 5.95. The van der Waals surface area contributed by atoms with Crippen molar-refractivity contribution in [3.05, 3.63) is 53.1 Å². The first-order valence-electron chi connectivity index (χ1n) is 7.46. The molecule has 2 N–H and O–H groups in total. The van der Waals surface area contributed by atoms with Crippen LogP contribution in [0.3, 0.4) is 0 Å². The second-order valence-electron chi connectivity index (χ2n) is 5.44. The van der Waals surface area contributed by atoms with Gasteiger partial charge in [-0.05, 0) is 42.8 Å². The largest absolute Gasteiger partial charge is 0.495 e. The molecule has 2 aromatic carbocycles. The number of hydrogen-bond acceptors (Lipinski definition) is 4. The Hall–Kier alpha value is -2.09. The summed E-state index contributed by atoms with van der Waals surface area (Å²) in [5.74, 6) is 0.0464. The van der Waals surface area contributed by atoms with E-state index in [1.807, 2.05) is 0 Å². The van der Waals surface area contributed by atoms with Crippen LogP contribution in [0.15, 0.2) is 47.4 Å². The van der Waals surface area contributed by atoms with Gasteiger partial charge in [-0.25, -0.2) is 13.1 Å². The minimum absolute atomic E-state index is 0.0194. The maximum absolute atomic E-state index is 12.6. The first-order valence-corrected chi connectivity index (χ1v) is 9.32. The fourth-order valence-corrected chi connectivity index (χ4v) is 3.74. The van der Waals surface area contributed by atoms with Gasteiger partial charge in [-0.2, -0.15) is 0 Å². The van der Waals surface area contributed by atoms with Crippen molar-refractivity contribution < 1.29 is 17.9 Å². The lowest BCUT2D eigenvalue weighted by Gasteiger charge is -2.16. The Morgan fingerprint density at radius 3 is 2.52 bits per heavy atom. The Labute approximate surface area is 152 Å². The molecule has 0 fully saturated rings. The van der Waals surface area contributed by atoms with E-state index in [0.29, 0.717) is 10.8 Å². The summed E-state index contributed by atoms with van der Waals surface area (Å²) in [7, 11) is -2.36. The SMILES string of the molecule is COc1ccc(S(=O)(=O)N[C@@H](C)c2cccc(Cl)c2)cc1NC(C)=O. The average Bonchev–Trinajstić information content (AvgIpc) is 2.53. The van der Waals surface area contributed by atoms with Gasteiger partial charge in [0, 0.05) is 18.0 Å². The van der Waals surface area contributed by atoms with E-state index < -0.39 is 16.1 Å². The first kappa shape index (κ1) is 19.2. The molecule has 0 saturated heterocycles. The number of sulfonamides is 1. The van der Waals surface area contributed by atoms with Gasteiger partial charge < -0.3 is 10.1 Å². The van der Waals surface area contributed by atoms with Crippen LogP contribution in [0.2, 0.25) is 5.02 Å². The van der Waals surface area contributed by atoms with Crippen molar-refractivity contribution in [2.45, 2.75) is 24.8 Å². The lowest BCUT2D eigenvalue weighted by molar-refractivity contribution is -0.114. The quantitative estimate of drug-likeness (QED) is 0.802. The van der Waals surface area contributed by atoms with Crippen molar-refractivity contribution in [2.24, 2.45) is 0 Å². The summed E-state index contributed by atoms with van der Waals surface area (Å²) in [5.41, 5.74) is 1.03. The van der Waals surface area contributed by atoms with Gasteiger partial charge >= 0.3 is 0 Å². The molecule has 0 aliphatic heterocycles. The van der Waals surface area contributed by atoms with Crippen LogP contribution in [-0.2, 0) is 14.8 Å². The molecule has 0 aliphatic rings. The van der Waals surface area contributed by atoms with E-state index in [1.165, 1.54) is 32.2 Å². The van der Waals surface area contributed by atoms with Gasteiger partial charge in [-0.3, -0.25) is 4.79 Å². The topological polar surface area (TPSA) is 84.5 Å². The van der Waals surface area contributed by atoms with Crippen molar-refractivity contribution in [1.29, 1.82) is 0 Å². The maximum Gasteiger partial charge on any atom is 0.241 e. The summed E-state index contributed by atoms with van der Waals surface area (Å²) in [6.07, 6.45) is 0. The number of ether oxygens (including phenoxy) is 1. The third-order valence-electron chi connectivity index (χ3n) is 3.47. The Morgan fingerprint density at radius 2 is 1.92 bits per heavy atom. The van der Waals surface area contributed by atoms with Crippen molar-refractivity contribution >= 4 is 33.2 Å². The van der Waals surface area contributed by atoms with Crippen molar-refractivity contribution in [1.82, 2.24) is 4.72 Å². The Balaban J connectivity index is 2.31. The number of carbonyl (C=O) groups excluding carboxylic acids is 1. The van der Waals surface area contributed by atoms with Gasteiger partial charge in [0.15, 0.2) is 0 Å². The molecule has 0 heterocycles. The highest BCUT2D eigenvalue weighted by Gasteiger charge is 2.20. The third-order valence-corrected chi connectivity index (χ3v) is 5.25. The predicted octanol–water partition coefficient (Wildman–Crippen LogP) is 3.35. The van der Waals surface area contributed by atoms with Crippen LogP contribution < -0.4 is 14.8 Å². The van der Waals surface area contributed by atoms with Gasteiger partial charge in [0.2, 0.25) is 15.9 Å². The highest BCUT2D eigenvalue weighted by Crippen LogP contribution is 2.28. The van der Waals surface area contributed by atoms with Gasteiger partial charge in [-0.15, -0.1) is 0 Å². The summed E-state index contributed by atoms with van der Waals surface area (Å²) in [6.45, 7) is 3.06. The minimum atomic E-state index is -3.80. The monoisotopic (exact) mass is 382 g/mol. The predicted molar refractivity (Wildman–Crippen MR) is 97.5 cm³/mol. The Morgan fingerprint density at radius 1 is 1.20 bits per heavy atom. The fraction of sp³-hybridized carbons (Fsp3) is 0.235. The van der Waals surface area contributed by atoms with E-state index in [2.05, 4.69) is 10.0 Å². The molecule has 0 aromatic heterocycles. The van der Waals surface area contributed by atoms with Crippen molar-refractivity contribution in [3.8, 4) is 5.75 Å². The summed E-state index contributed by atoms with van der Waals surface area (Å²) in [6, 6.07) is 10.7. The molecular formula is C17H19ClN2O4S. The molecule has 0 spiro atoms. The van der Waals surface area contributed by atoms with E-state index in [-0.39, 0.29) is 16.5 Å². The first-order chi connectivity index (χ1) is 11.7. The van der Waals surface area contributed by atoms with E-state index >= 15 is 0 Å². The van der Waals surface area contributed by atoms with Gasteiger partial charge in [0.05, 0.1) is 17.7 Å². The zero-order valence-corrected chi connectivity index (χ0v) is 15.6. The summed E-state index contributed by atoms with van der Waals surface area (Å²) in [5, 5.41) is 3.08. The van der Waals surface area contributed by atoms with Crippen molar-refractivity contribution in [3.63, 3.8) is 0 Å². The minimum Gasteiger partial charge on any atom is -0.495 e. The van der Waals surface area contributed by atoms with Crippen molar-refractivity contribution in [2.75, 3.05) is 12.4 Å². The number of amides is 1. The van der Waals surface area contributed by atoms with Crippen LogP contribution in [0.1, 0.15) is 25.5 Å². The number of hydrogen-bond donors (Lipinski definition) is 2. The second kappa shape index (κ2) is 7.86. The summed E-state index contributed by atoms with van der Waals surface area (Å²) < 4.78 is 33.0. The van der Waals surface area contributed by atoms with Crippen LogP contribution in [0, 0.1) is 0 Å². The van der Waals surface area contributed by atoms with E-state index in [0.717, 1.165) is 5.56 Å². The molecule has 0 unspecified atom stereocenters. The third kappa shape index (κ3) is 4.94. The molecule has 1 atom stereocenters. The number of benzene rings is 2. The van der Waals surface area contributed by atoms with E-state index in [9.17, 15) is 13.2 Å². The molecule has 2 aromatic rings. The molecule has 0 aliphatic carbocycles. The van der Waals surface area contributed by atoms with Gasteiger partial charge in [-0.1, -0.05) is 23.7 Å². The van der Waals surface area contributed by atoms with Crippen LogP contribution >= 0.6 is 11.6 Å². The van der Waals surface area contributed by atoms with Crippen LogP contribution in [0.5, 0.6) is 5.75 Å². The highest BCUT2D eigenvalue weighted by atomic mass is 35.5. The fourth-order valence-electron chi connectivity index (χ4n) is 2.29. The second-order valence-corrected chi connectivity index (χ2v) is 7.59. The van der Waals surface area contributed by atoms with Gasteiger partial charge in [0.1, 0.15) is 5.75 Å². The smallest absolute Gasteiger partial charge is 0.241 e. The number of rotatable bonds is 6. The highest BCUT2D eigenvalue weighted by molar-refractivity contribution is 7.89. The molecule has 1 amide bonds. The number of halogens is 1. The summed E-state index contributed by atoms with van der Waals surface area (Å²) in [4.78, 5) is 11.3. The van der Waals surface area contributed by atoms with Gasteiger partial charge in [0.25, 0.3) is 0 Å². The number of anilines is 1. The number of carbonyl (C=O) groups is 1. The molecule has 0 saturated carbocycles. The molecule has 134 valence electrons.